The van der Waals surface area contributed by atoms with E-state index in [1.165, 1.54) is 5.69 Å². The minimum absolute atomic E-state index is 0.192. The second-order valence-corrected chi connectivity index (χ2v) is 5.29. The van der Waals surface area contributed by atoms with Crippen LogP contribution in [0.4, 0.5) is 0 Å². The molecule has 0 radical (unpaired) electrons. The molecule has 0 fully saturated rings. The Balaban J connectivity index is 2.26. The summed E-state index contributed by atoms with van der Waals surface area (Å²) in [6, 6.07) is 2.65. The van der Waals surface area contributed by atoms with Gasteiger partial charge in [0, 0.05) is 19.0 Å². The van der Waals surface area contributed by atoms with Crippen LogP contribution in [0.25, 0.3) is 0 Å². The maximum Gasteiger partial charge on any atom is 0.138 e. The summed E-state index contributed by atoms with van der Waals surface area (Å²) in [5.41, 5.74) is 2.25. The van der Waals surface area contributed by atoms with E-state index in [2.05, 4.69) is 47.3 Å². The van der Waals surface area contributed by atoms with Crippen LogP contribution in [0.3, 0.4) is 0 Å². The van der Waals surface area contributed by atoms with Crippen molar-refractivity contribution in [3.63, 3.8) is 0 Å². The molecule has 1 atom stereocenters. The molecule has 2 aromatic rings. The van der Waals surface area contributed by atoms with Crippen LogP contribution in [0, 0.1) is 6.92 Å². The van der Waals surface area contributed by atoms with Crippen LogP contribution in [0.5, 0.6) is 0 Å². The Kier molecular flexibility index (Phi) is 4.54. The molecular formula is C14H24N6. The molecule has 0 aliphatic rings. The van der Waals surface area contributed by atoms with Crippen LogP contribution in [-0.4, -0.2) is 31.6 Å². The summed E-state index contributed by atoms with van der Waals surface area (Å²) in [6.07, 6.45) is 2.43. The van der Waals surface area contributed by atoms with Crippen molar-refractivity contribution in [1.82, 2.24) is 29.9 Å². The van der Waals surface area contributed by atoms with E-state index in [0.29, 0.717) is 6.04 Å². The molecule has 6 nitrogen and oxygen atoms in total. The maximum absolute atomic E-state index is 4.52. The Morgan fingerprint density at radius 3 is 2.70 bits per heavy atom. The third-order valence-electron chi connectivity index (χ3n) is 3.46. The normalized spacial score (nSPS) is 13.1. The number of aryl methyl sites for hydroxylation is 2. The maximum atomic E-state index is 4.52. The molecule has 0 amide bonds. The van der Waals surface area contributed by atoms with Gasteiger partial charge in [-0.2, -0.15) is 10.2 Å². The molecule has 110 valence electrons. The van der Waals surface area contributed by atoms with Gasteiger partial charge >= 0.3 is 0 Å². The molecule has 2 rings (SSSR count). The molecule has 1 N–H and O–H groups in total. The van der Waals surface area contributed by atoms with Gasteiger partial charge < -0.3 is 5.32 Å². The lowest BCUT2D eigenvalue weighted by molar-refractivity contribution is 0.459. The van der Waals surface area contributed by atoms with E-state index in [1.807, 2.05) is 23.3 Å². The summed E-state index contributed by atoms with van der Waals surface area (Å²) in [5.74, 6) is 1.00. The van der Waals surface area contributed by atoms with Gasteiger partial charge in [-0.1, -0.05) is 0 Å². The largest absolute Gasteiger partial charge is 0.311 e. The van der Waals surface area contributed by atoms with Crippen LogP contribution in [0.1, 0.15) is 50.1 Å². The second kappa shape index (κ2) is 6.17. The third-order valence-corrected chi connectivity index (χ3v) is 3.46. The van der Waals surface area contributed by atoms with Gasteiger partial charge in [0.2, 0.25) is 0 Å². The van der Waals surface area contributed by atoms with Crippen molar-refractivity contribution in [2.45, 2.75) is 52.7 Å². The van der Waals surface area contributed by atoms with E-state index in [9.17, 15) is 0 Å². The average Bonchev–Trinajstić information content (AvgIpc) is 3.01. The molecule has 20 heavy (non-hydrogen) atoms. The Hall–Kier alpha value is -1.69. The number of hydrogen-bond donors (Lipinski definition) is 1. The highest BCUT2D eigenvalue weighted by molar-refractivity contribution is 5.15. The van der Waals surface area contributed by atoms with E-state index in [0.717, 1.165) is 24.5 Å². The van der Waals surface area contributed by atoms with Crippen LogP contribution in [0.15, 0.2) is 12.4 Å². The van der Waals surface area contributed by atoms with E-state index in [4.69, 9.17) is 0 Å². The van der Waals surface area contributed by atoms with Crippen molar-refractivity contribution >= 4 is 0 Å². The summed E-state index contributed by atoms with van der Waals surface area (Å²) in [4.78, 5) is 4.40. The van der Waals surface area contributed by atoms with Gasteiger partial charge in [0.25, 0.3) is 0 Å². The SMILES string of the molecule is CCn1nc(C)cc1C(Cc1ncnn1C(C)C)NC. The number of nitrogens with one attached hydrogen (secondary N) is 1. The zero-order valence-corrected chi connectivity index (χ0v) is 13.0. The lowest BCUT2D eigenvalue weighted by atomic mass is 10.1. The van der Waals surface area contributed by atoms with Gasteiger partial charge in [0.05, 0.1) is 17.4 Å². The van der Waals surface area contributed by atoms with Crippen molar-refractivity contribution in [3.8, 4) is 0 Å². The Morgan fingerprint density at radius 2 is 2.10 bits per heavy atom. The lowest BCUT2D eigenvalue weighted by Crippen LogP contribution is -2.24. The molecule has 0 aromatic carbocycles. The Bertz CT molecular complexity index is 554. The molecule has 0 aliphatic heterocycles. The molecule has 2 heterocycles. The summed E-state index contributed by atoms with van der Waals surface area (Å²) in [5, 5.41) is 12.2. The van der Waals surface area contributed by atoms with Crippen LogP contribution >= 0.6 is 0 Å². The highest BCUT2D eigenvalue weighted by atomic mass is 15.3. The molecule has 2 aromatic heterocycles. The minimum Gasteiger partial charge on any atom is -0.311 e. The van der Waals surface area contributed by atoms with Gasteiger partial charge in [-0.25, -0.2) is 9.67 Å². The first-order valence-corrected chi connectivity index (χ1v) is 7.16. The first-order valence-electron chi connectivity index (χ1n) is 7.16. The van der Waals surface area contributed by atoms with Crippen LogP contribution < -0.4 is 5.32 Å². The molecule has 0 saturated carbocycles. The quantitative estimate of drug-likeness (QED) is 0.875. The molecule has 1 unspecified atom stereocenters. The van der Waals surface area contributed by atoms with Gasteiger partial charge in [-0.15, -0.1) is 0 Å². The fraction of sp³-hybridized carbons (Fsp3) is 0.643. The van der Waals surface area contributed by atoms with Crippen molar-refractivity contribution in [3.05, 3.63) is 29.6 Å². The number of hydrogen-bond acceptors (Lipinski definition) is 4. The van der Waals surface area contributed by atoms with E-state index >= 15 is 0 Å². The highest BCUT2D eigenvalue weighted by Gasteiger charge is 2.19. The summed E-state index contributed by atoms with van der Waals surface area (Å²) < 4.78 is 4.02. The zero-order chi connectivity index (χ0) is 14.7. The number of rotatable bonds is 6. The molecule has 0 saturated heterocycles. The van der Waals surface area contributed by atoms with E-state index in [-0.39, 0.29) is 6.04 Å². The molecule has 0 bridgehead atoms. The van der Waals surface area contributed by atoms with Crippen molar-refractivity contribution in [2.24, 2.45) is 0 Å². The first-order chi connectivity index (χ1) is 9.56. The van der Waals surface area contributed by atoms with Crippen molar-refractivity contribution < 1.29 is 0 Å². The number of aromatic nitrogens is 5. The topological polar surface area (TPSA) is 60.6 Å². The first kappa shape index (κ1) is 14.7. The monoisotopic (exact) mass is 276 g/mol. The summed E-state index contributed by atoms with van der Waals surface area (Å²) in [6.45, 7) is 9.25. The van der Waals surface area contributed by atoms with Crippen LogP contribution in [0.2, 0.25) is 0 Å². The van der Waals surface area contributed by atoms with Gasteiger partial charge in [-0.05, 0) is 40.8 Å². The van der Waals surface area contributed by atoms with Gasteiger partial charge in [-0.3, -0.25) is 4.68 Å². The third kappa shape index (κ3) is 2.90. The smallest absolute Gasteiger partial charge is 0.138 e. The molecule has 0 aliphatic carbocycles. The van der Waals surface area contributed by atoms with Gasteiger partial charge in [0.1, 0.15) is 12.2 Å². The highest BCUT2D eigenvalue weighted by Crippen LogP contribution is 2.19. The average molecular weight is 276 g/mol. The van der Waals surface area contributed by atoms with Crippen molar-refractivity contribution in [2.75, 3.05) is 7.05 Å². The van der Waals surface area contributed by atoms with E-state index in [1.54, 1.807) is 6.33 Å². The molecule has 6 heteroatoms. The zero-order valence-electron chi connectivity index (χ0n) is 13.0. The fourth-order valence-corrected chi connectivity index (χ4v) is 2.49. The molecular weight excluding hydrogens is 252 g/mol. The number of likely N-dealkylation sites (N-methyl/N-ethyl adjacent to an activating group) is 1. The van der Waals surface area contributed by atoms with Gasteiger partial charge in [0.15, 0.2) is 0 Å². The number of nitrogens with zero attached hydrogens (tertiary/aromatic N) is 5. The second-order valence-electron chi connectivity index (χ2n) is 5.29. The lowest BCUT2D eigenvalue weighted by Gasteiger charge is -2.18. The predicted octanol–water partition coefficient (Wildman–Crippen LogP) is 1.89. The summed E-state index contributed by atoms with van der Waals surface area (Å²) >= 11 is 0. The summed E-state index contributed by atoms with van der Waals surface area (Å²) in [7, 11) is 1.98. The standard InChI is InChI=1S/C14H24N6/c1-6-19-13(7-11(4)18-19)12(15-5)8-14-16-9-17-20(14)10(2)3/h7,9-10,12,15H,6,8H2,1-5H3. The fourth-order valence-electron chi connectivity index (χ4n) is 2.49. The molecule has 0 spiro atoms. The van der Waals surface area contributed by atoms with E-state index < -0.39 is 0 Å². The predicted molar refractivity (Wildman–Crippen MR) is 78.5 cm³/mol. The Morgan fingerprint density at radius 1 is 1.35 bits per heavy atom. The van der Waals surface area contributed by atoms with Crippen LogP contribution in [-0.2, 0) is 13.0 Å². The minimum atomic E-state index is 0.192. The van der Waals surface area contributed by atoms with Crippen molar-refractivity contribution in [1.29, 1.82) is 0 Å². The Labute approximate surface area is 120 Å².